The summed E-state index contributed by atoms with van der Waals surface area (Å²) in [6.45, 7) is 11.2. The van der Waals surface area contributed by atoms with Gasteiger partial charge in [0.05, 0.1) is 6.61 Å². The van der Waals surface area contributed by atoms with Gasteiger partial charge in [-0.1, -0.05) is 41.0 Å². The Hall–Kier alpha value is -0.0231. The maximum Gasteiger partial charge on any atom is 0.186 e. The minimum atomic E-state index is -1.30. The van der Waals surface area contributed by atoms with Crippen LogP contribution in [-0.2, 0) is 13.9 Å². The second-order valence-electron chi connectivity index (χ2n) is 7.39. The van der Waals surface area contributed by atoms with E-state index < -0.39 is 40.5 Å². The number of aliphatic hydroxyl groups is 3. The minimum Gasteiger partial charge on any atom is -0.421 e. The minimum absolute atomic E-state index is 0.0974. The van der Waals surface area contributed by atoms with Crippen LogP contribution in [0.25, 0.3) is 0 Å². The van der Waals surface area contributed by atoms with E-state index in [0.29, 0.717) is 0 Å². The topological polar surface area (TPSA) is 88.4 Å². The molecule has 6 nitrogen and oxygen atoms in total. The maximum atomic E-state index is 10.0. The van der Waals surface area contributed by atoms with Crippen LogP contribution >= 0.6 is 0 Å². The Balaban J connectivity index is 2.57. The van der Waals surface area contributed by atoms with Gasteiger partial charge in [-0.2, -0.15) is 0 Å². The molecular weight excluding hydrogens is 304 g/mol. The zero-order valence-electron chi connectivity index (χ0n) is 14.6. The highest BCUT2D eigenvalue weighted by Gasteiger charge is 2.44. The van der Waals surface area contributed by atoms with Gasteiger partial charge in [-0.15, -0.1) is 0 Å². The molecule has 1 aliphatic rings. The average molecular weight is 337 g/mol. The summed E-state index contributed by atoms with van der Waals surface area (Å²) in [5.74, 6) is 0. The predicted molar refractivity (Wildman–Crippen MR) is 86.3 cm³/mol. The molecule has 1 rings (SSSR count). The lowest BCUT2D eigenvalue weighted by atomic mass is 9.78. The van der Waals surface area contributed by atoms with Gasteiger partial charge in [0.25, 0.3) is 0 Å². The fraction of sp³-hybridized carbons (Fsp3) is 1.00. The SMILES string of the molecule is CCC(C)(C)C(C)(C)[SiH2]OC[C@H]1O[C@H](OC)[C@@H](O)[C@@H](O)[C@@H]1O. The molecule has 1 fully saturated rings. The molecule has 1 saturated heterocycles. The molecule has 3 N–H and O–H groups in total. The van der Waals surface area contributed by atoms with Gasteiger partial charge in [0.2, 0.25) is 0 Å². The summed E-state index contributed by atoms with van der Waals surface area (Å²) in [4.78, 5) is 0. The molecule has 1 aliphatic heterocycles. The van der Waals surface area contributed by atoms with Gasteiger partial charge < -0.3 is 29.2 Å². The Morgan fingerprint density at radius 2 is 1.64 bits per heavy atom. The molecule has 132 valence electrons. The van der Waals surface area contributed by atoms with Crippen LogP contribution in [0.4, 0.5) is 0 Å². The molecule has 0 saturated carbocycles. The van der Waals surface area contributed by atoms with Gasteiger partial charge >= 0.3 is 0 Å². The van der Waals surface area contributed by atoms with E-state index in [4.69, 9.17) is 13.9 Å². The molecule has 0 aromatic heterocycles. The molecule has 0 unspecified atom stereocenters. The van der Waals surface area contributed by atoms with E-state index in [9.17, 15) is 15.3 Å². The van der Waals surface area contributed by atoms with Crippen LogP contribution in [0.2, 0.25) is 5.04 Å². The third-order valence-electron chi connectivity index (χ3n) is 5.36. The molecule has 0 aromatic rings. The van der Waals surface area contributed by atoms with Crippen LogP contribution in [0.5, 0.6) is 0 Å². The van der Waals surface area contributed by atoms with E-state index in [1.807, 2.05) is 0 Å². The Kier molecular flexibility index (Phi) is 7.01. The molecule has 0 spiro atoms. The van der Waals surface area contributed by atoms with Crippen molar-refractivity contribution in [1.82, 2.24) is 0 Å². The Bertz CT molecular complexity index is 347. The number of aliphatic hydroxyl groups excluding tert-OH is 3. The standard InChI is InChI=1S/C15H32O6Si/c1-7-14(2,3)15(4,5)22-20-8-9-10(16)11(17)12(18)13(19-6)21-9/h9-13,16-18H,7-8,22H2,1-6H3/t9-,10-,11+,12+,13+/m1/s1. The fourth-order valence-electron chi connectivity index (χ4n) is 2.35. The summed E-state index contributed by atoms with van der Waals surface area (Å²) < 4.78 is 16.3. The quantitative estimate of drug-likeness (QED) is 0.575. The summed E-state index contributed by atoms with van der Waals surface area (Å²) >= 11 is 0. The summed E-state index contributed by atoms with van der Waals surface area (Å²) in [7, 11) is 0.514. The van der Waals surface area contributed by atoms with Crippen LogP contribution in [0, 0.1) is 5.41 Å². The van der Waals surface area contributed by atoms with Crippen LogP contribution in [-0.4, -0.2) is 69.5 Å². The summed E-state index contributed by atoms with van der Waals surface area (Å²) in [6, 6.07) is 0. The third kappa shape index (κ3) is 4.28. The van der Waals surface area contributed by atoms with E-state index in [2.05, 4.69) is 34.6 Å². The van der Waals surface area contributed by atoms with Crippen molar-refractivity contribution in [3.63, 3.8) is 0 Å². The highest BCUT2D eigenvalue weighted by molar-refractivity contribution is 6.32. The average Bonchev–Trinajstić information content (AvgIpc) is 2.46. The van der Waals surface area contributed by atoms with E-state index in [0.717, 1.165) is 6.42 Å². The highest BCUT2D eigenvalue weighted by atomic mass is 28.2. The van der Waals surface area contributed by atoms with Gasteiger partial charge in [0.1, 0.15) is 24.4 Å². The van der Waals surface area contributed by atoms with Crippen molar-refractivity contribution in [2.45, 2.75) is 76.8 Å². The van der Waals surface area contributed by atoms with Gasteiger partial charge in [-0.3, -0.25) is 0 Å². The van der Waals surface area contributed by atoms with Gasteiger partial charge in [0, 0.05) is 7.11 Å². The van der Waals surface area contributed by atoms with Crippen molar-refractivity contribution in [2.24, 2.45) is 5.41 Å². The maximum absolute atomic E-state index is 10.0. The third-order valence-corrected chi connectivity index (χ3v) is 7.48. The van der Waals surface area contributed by atoms with E-state index in [1.165, 1.54) is 7.11 Å². The summed E-state index contributed by atoms with van der Waals surface area (Å²) in [6.07, 6.45) is -4.32. The Labute approximate surface area is 135 Å². The second kappa shape index (κ2) is 7.70. The normalized spacial score (nSPS) is 34.5. The molecule has 0 bridgehead atoms. The molecule has 0 amide bonds. The van der Waals surface area contributed by atoms with Crippen molar-refractivity contribution < 1.29 is 29.2 Å². The number of methoxy groups -OCH3 is 1. The van der Waals surface area contributed by atoms with Crippen LogP contribution in [0.1, 0.15) is 41.0 Å². The first-order valence-corrected chi connectivity index (χ1v) is 9.16. The monoisotopic (exact) mass is 336 g/mol. The number of rotatable bonds is 7. The number of hydrogen-bond donors (Lipinski definition) is 3. The van der Waals surface area contributed by atoms with Gasteiger partial charge in [0.15, 0.2) is 16.1 Å². The first-order valence-electron chi connectivity index (χ1n) is 7.87. The van der Waals surface area contributed by atoms with Crippen LogP contribution in [0.15, 0.2) is 0 Å². The van der Waals surface area contributed by atoms with Crippen LogP contribution in [0.3, 0.4) is 0 Å². The second-order valence-corrected chi connectivity index (χ2v) is 9.85. The predicted octanol–water partition coefficient (Wildman–Crippen LogP) is 0.176. The van der Waals surface area contributed by atoms with Crippen molar-refractivity contribution in [3.05, 3.63) is 0 Å². The Morgan fingerprint density at radius 3 is 2.14 bits per heavy atom. The molecule has 1 heterocycles. The lowest BCUT2D eigenvalue weighted by Crippen LogP contribution is -2.59. The molecule has 7 heteroatoms. The zero-order chi connectivity index (χ0) is 17.1. The molecule has 0 aliphatic carbocycles. The van der Waals surface area contributed by atoms with Crippen LogP contribution < -0.4 is 0 Å². The van der Waals surface area contributed by atoms with Gasteiger partial charge in [-0.25, -0.2) is 0 Å². The zero-order valence-corrected chi connectivity index (χ0v) is 16.0. The molecular formula is C15H32O6Si. The molecule has 22 heavy (non-hydrogen) atoms. The fourth-order valence-corrected chi connectivity index (χ4v) is 3.85. The lowest BCUT2D eigenvalue weighted by Gasteiger charge is -2.42. The first kappa shape index (κ1) is 20.0. The highest BCUT2D eigenvalue weighted by Crippen LogP contribution is 2.46. The molecule has 5 atom stereocenters. The Morgan fingerprint density at radius 1 is 1.05 bits per heavy atom. The van der Waals surface area contributed by atoms with E-state index in [-0.39, 0.29) is 17.1 Å². The smallest absolute Gasteiger partial charge is 0.186 e. The largest absolute Gasteiger partial charge is 0.421 e. The molecule has 0 aromatic carbocycles. The van der Waals surface area contributed by atoms with Crippen molar-refractivity contribution >= 4 is 9.76 Å². The lowest BCUT2D eigenvalue weighted by molar-refractivity contribution is -0.293. The summed E-state index contributed by atoms with van der Waals surface area (Å²) in [5.41, 5.74) is 0.177. The van der Waals surface area contributed by atoms with Crippen molar-refractivity contribution in [2.75, 3.05) is 13.7 Å². The van der Waals surface area contributed by atoms with E-state index >= 15 is 0 Å². The van der Waals surface area contributed by atoms with E-state index in [1.54, 1.807) is 0 Å². The number of ether oxygens (including phenoxy) is 2. The van der Waals surface area contributed by atoms with Gasteiger partial charge in [-0.05, 0) is 10.5 Å². The summed E-state index contributed by atoms with van der Waals surface area (Å²) in [5, 5.41) is 29.7. The first-order chi connectivity index (χ1) is 10.1. The number of hydrogen-bond acceptors (Lipinski definition) is 6. The van der Waals surface area contributed by atoms with Crippen molar-refractivity contribution in [3.8, 4) is 0 Å². The molecule has 0 radical (unpaired) electrons. The van der Waals surface area contributed by atoms with Crippen molar-refractivity contribution in [1.29, 1.82) is 0 Å².